The van der Waals surface area contributed by atoms with Gasteiger partial charge in [0.05, 0.1) is 11.8 Å². The molecule has 6 rings (SSSR count). The van der Waals surface area contributed by atoms with Crippen molar-refractivity contribution in [2.45, 2.75) is 132 Å². The van der Waals surface area contributed by atoms with Crippen LogP contribution in [0.5, 0.6) is 0 Å². The van der Waals surface area contributed by atoms with Crippen LogP contribution in [0.25, 0.3) is 0 Å². The van der Waals surface area contributed by atoms with Gasteiger partial charge in [0.25, 0.3) is 5.91 Å². The molecule has 0 spiro atoms. The van der Waals surface area contributed by atoms with E-state index in [0.29, 0.717) is 45.2 Å². The number of urea groups is 1. The van der Waals surface area contributed by atoms with Crippen LogP contribution in [0.1, 0.15) is 103 Å². The first-order chi connectivity index (χ1) is 24.6. The molecule has 2 aliphatic carbocycles. The van der Waals surface area contributed by atoms with Crippen LogP contribution in [0.15, 0.2) is 36.4 Å². The minimum absolute atomic E-state index is 0.0389. The number of nitrogens with zero attached hydrogens (tertiary/aromatic N) is 2. The second kappa shape index (κ2) is 14.7. The zero-order valence-corrected chi connectivity index (χ0v) is 31.3. The van der Waals surface area contributed by atoms with Crippen molar-refractivity contribution < 1.29 is 37.1 Å². The lowest BCUT2D eigenvalue weighted by molar-refractivity contribution is -0.141. The highest BCUT2D eigenvalue weighted by Gasteiger charge is 2.62. The van der Waals surface area contributed by atoms with Crippen LogP contribution in [0.3, 0.4) is 0 Å². The van der Waals surface area contributed by atoms with Crippen molar-refractivity contribution in [3.8, 4) is 0 Å². The van der Waals surface area contributed by atoms with E-state index in [1.807, 2.05) is 58.0 Å². The first kappa shape index (κ1) is 37.6. The van der Waals surface area contributed by atoms with Gasteiger partial charge in [-0.1, -0.05) is 56.2 Å². The number of hydrogen-bond acceptors (Lipinski definition) is 8. The summed E-state index contributed by atoms with van der Waals surface area (Å²) in [7, 11) is -3.89. The quantitative estimate of drug-likeness (QED) is 0.332. The first-order valence-corrected chi connectivity index (χ1v) is 20.1. The molecule has 1 aromatic rings. The molecule has 0 aromatic heterocycles. The molecule has 3 heterocycles. The van der Waals surface area contributed by atoms with Crippen LogP contribution in [0.4, 0.5) is 9.59 Å². The molecule has 3 aliphatic heterocycles. The van der Waals surface area contributed by atoms with Crippen LogP contribution in [0.2, 0.25) is 0 Å². The van der Waals surface area contributed by atoms with Gasteiger partial charge in [0.15, 0.2) is 0 Å². The van der Waals surface area contributed by atoms with Gasteiger partial charge in [0.1, 0.15) is 23.7 Å². The lowest BCUT2D eigenvalue weighted by Gasteiger charge is -2.33. The molecule has 0 radical (unpaired) electrons. The van der Waals surface area contributed by atoms with Crippen molar-refractivity contribution in [3.05, 3.63) is 47.5 Å². The fraction of sp³-hybridized carbons (Fsp3) is 0.649. The number of carbonyl (C=O) groups is 5. The van der Waals surface area contributed by atoms with Gasteiger partial charge in [-0.25, -0.2) is 18.0 Å². The molecule has 2 saturated carbocycles. The summed E-state index contributed by atoms with van der Waals surface area (Å²) in [5.41, 5.74) is 0.116. The standard InChI is InChI=1S/C37H52N6O8S/c1-23-20-42(21-24-12-10-11-14-28(23)24)35(48)51-26-18-30-31(44)39-37(33(46)41-52(49,50)27-16-17-27)19-25(37)13-8-6-5-7-9-15-29(32(45)43(30)22-26)38-34(47)40-36(2,3)4/h8,10-14,23,25-27,29-30H,5-7,9,15-22H2,1-4H3,(H,39,44)(H,41,46)(H2,38,40,47)/b13-8-/t23?,25-,26-,29+,30+,37-/m1/s1. The molecular formula is C37H52N6O8S. The summed E-state index contributed by atoms with van der Waals surface area (Å²) in [5, 5.41) is 7.86. The molecule has 4 N–H and O–H groups in total. The summed E-state index contributed by atoms with van der Waals surface area (Å²) >= 11 is 0. The Balaban J connectivity index is 1.25. The average molecular weight is 741 g/mol. The second-order valence-corrected chi connectivity index (χ2v) is 18.1. The molecule has 6 atom stereocenters. The third-order valence-corrected chi connectivity index (χ3v) is 12.4. The topological polar surface area (TPSA) is 183 Å². The highest BCUT2D eigenvalue weighted by Crippen LogP contribution is 2.46. The Hall–Kier alpha value is -4.14. The molecule has 14 nitrogen and oxygen atoms in total. The summed E-state index contributed by atoms with van der Waals surface area (Å²) in [4.78, 5) is 71.8. The molecule has 52 heavy (non-hydrogen) atoms. The largest absolute Gasteiger partial charge is 0.444 e. The molecule has 1 unspecified atom stereocenters. The van der Waals surface area contributed by atoms with E-state index in [1.165, 1.54) is 10.5 Å². The average Bonchev–Trinajstić information content (AvgIpc) is 3.99. The normalized spacial score (nSPS) is 30.3. The number of fused-ring (bicyclic) bond motifs is 3. The van der Waals surface area contributed by atoms with Gasteiger partial charge < -0.3 is 30.5 Å². The molecule has 15 heteroatoms. The predicted molar refractivity (Wildman–Crippen MR) is 192 cm³/mol. The van der Waals surface area contributed by atoms with Gasteiger partial charge in [0, 0.05) is 31.0 Å². The highest BCUT2D eigenvalue weighted by atomic mass is 32.2. The fourth-order valence-corrected chi connectivity index (χ4v) is 8.96. The SMILES string of the molecule is CC1CN(C(=O)O[C@@H]2C[C@H]3C(=O)N[C@]4(C(=O)NS(=O)(=O)C5CC5)C[C@H]4/C=C\CCCCC[C@H](NC(=O)NC(C)(C)C)C(=O)N3C2)Cc2ccccc21. The Kier molecular flexibility index (Phi) is 10.6. The summed E-state index contributed by atoms with van der Waals surface area (Å²) in [6.07, 6.45) is 6.70. The van der Waals surface area contributed by atoms with Crippen molar-refractivity contribution in [2.75, 3.05) is 13.1 Å². The summed E-state index contributed by atoms with van der Waals surface area (Å²) in [6.45, 7) is 8.23. The van der Waals surface area contributed by atoms with Crippen molar-refractivity contribution >= 4 is 39.9 Å². The van der Waals surface area contributed by atoms with Gasteiger partial charge in [-0.05, 0) is 76.3 Å². The predicted octanol–water partition coefficient (Wildman–Crippen LogP) is 3.18. The van der Waals surface area contributed by atoms with Crippen LogP contribution >= 0.6 is 0 Å². The lowest BCUT2D eigenvalue weighted by atomic mass is 9.91. The third-order valence-electron chi connectivity index (χ3n) is 10.6. The molecule has 5 aliphatic rings. The fourth-order valence-electron chi connectivity index (χ4n) is 7.60. The Morgan fingerprint density at radius 3 is 2.50 bits per heavy atom. The lowest BCUT2D eigenvalue weighted by Crippen LogP contribution is -2.59. The van der Waals surface area contributed by atoms with Gasteiger partial charge in [-0.15, -0.1) is 0 Å². The van der Waals surface area contributed by atoms with Crippen molar-refractivity contribution in [1.82, 2.24) is 30.5 Å². The number of rotatable bonds is 5. The van der Waals surface area contributed by atoms with Gasteiger partial charge in [-0.3, -0.25) is 19.1 Å². The maximum atomic E-state index is 14.4. The summed E-state index contributed by atoms with van der Waals surface area (Å²) in [6, 6.07) is 5.28. The first-order valence-electron chi connectivity index (χ1n) is 18.5. The number of carbonyl (C=O) groups excluding carboxylic acids is 5. The van der Waals surface area contributed by atoms with Crippen LogP contribution in [-0.2, 0) is 35.7 Å². The molecular weight excluding hydrogens is 689 g/mol. The number of ether oxygens (including phenoxy) is 1. The Morgan fingerprint density at radius 2 is 1.77 bits per heavy atom. The van der Waals surface area contributed by atoms with Crippen LogP contribution in [0, 0.1) is 5.92 Å². The van der Waals surface area contributed by atoms with Crippen LogP contribution in [-0.4, -0.2) is 95.7 Å². The van der Waals surface area contributed by atoms with E-state index >= 15 is 0 Å². The molecule has 0 bridgehead atoms. The molecule has 1 saturated heterocycles. The van der Waals surface area contributed by atoms with Gasteiger partial charge >= 0.3 is 12.1 Å². The monoisotopic (exact) mass is 740 g/mol. The minimum atomic E-state index is -3.89. The second-order valence-electron chi connectivity index (χ2n) is 16.1. The molecule has 1 aromatic carbocycles. The molecule has 6 amide bonds. The Morgan fingerprint density at radius 1 is 1.02 bits per heavy atom. The van der Waals surface area contributed by atoms with E-state index in [-0.39, 0.29) is 25.3 Å². The van der Waals surface area contributed by atoms with E-state index in [2.05, 4.69) is 26.7 Å². The number of hydrogen-bond donors (Lipinski definition) is 4. The molecule has 284 valence electrons. The summed E-state index contributed by atoms with van der Waals surface area (Å²) < 4.78 is 33.8. The molecule has 3 fully saturated rings. The van der Waals surface area contributed by atoms with E-state index in [1.54, 1.807) is 4.90 Å². The van der Waals surface area contributed by atoms with Crippen molar-refractivity contribution in [1.29, 1.82) is 0 Å². The zero-order chi connectivity index (χ0) is 37.4. The number of sulfonamides is 1. The zero-order valence-electron chi connectivity index (χ0n) is 30.5. The third kappa shape index (κ3) is 8.56. The van der Waals surface area contributed by atoms with E-state index in [4.69, 9.17) is 4.74 Å². The number of nitrogens with one attached hydrogen (secondary N) is 4. The van der Waals surface area contributed by atoms with E-state index in [9.17, 15) is 32.4 Å². The van der Waals surface area contributed by atoms with Gasteiger partial charge in [-0.2, -0.15) is 0 Å². The van der Waals surface area contributed by atoms with Crippen molar-refractivity contribution in [2.24, 2.45) is 5.92 Å². The maximum absolute atomic E-state index is 14.4. The number of amides is 6. The van der Waals surface area contributed by atoms with Crippen molar-refractivity contribution in [3.63, 3.8) is 0 Å². The van der Waals surface area contributed by atoms with Gasteiger partial charge in [0.2, 0.25) is 21.8 Å². The van der Waals surface area contributed by atoms with E-state index < -0.39 is 80.3 Å². The highest BCUT2D eigenvalue weighted by molar-refractivity contribution is 7.91. The van der Waals surface area contributed by atoms with Crippen LogP contribution < -0.4 is 20.7 Å². The smallest absolute Gasteiger partial charge is 0.410 e. The number of allylic oxidation sites excluding steroid dienone is 1. The minimum Gasteiger partial charge on any atom is -0.444 e. The summed E-state index contributed by atoms with van der Waals surface area (Å²) in [5.74, 6) is -2.31. The Bertz CT molecular complexity index is 1720. The van der Waals surface area contributed by atoms with E-state index in [0.717, 1.165) is 18.4 Å². The maximum Gasteiger partial charge on any atom is 0.410 e. The number of benzene rings is 1. The Labute approximate surface area is 305 Å².